The van der Waals surface area contributed by atoms with Crippen LogP contribution in [0.25, 0.3) is 0 Å². The topological polar surface area (TPSA) is 133 Å². The number of carbonyl (C=O) groups is 4. The molecular formula is C21H25N3O7S. The minimum atomic E-state index is -0.932. The minimum Gasteiger partial charge on any atom is -0.468 e. The minimum absolute atomic E-state index is 0.0682. The molecule has 2 N–H and O–H groups in total. The van der Waals surface area contributed by atoms with E-state index in [1.165, 1.54) is 13.3 Å². The fraction of sp³-hybridized carbons (Fsp3) is 0.381. The number of carbonyl (C=O) groups excluding carboxylic acids is 4. The van der Waals surface area contributed by atoms with Crippen LogP contribution in [0.1, 0.15) is 33.6 Å². The fourth-order valence-corrected chi connectivity index (χ4v) is 3.36. The number of thiazole rings is 1. The predicted octanol–water partition coefficient (Wildman–Crippen LogP) is 1.84. The van der Waals surface area contributed by atoms with Crippen molar-refractivity contribution in [3.63, 3.8) is 0 Å². The Kier molecular flexibility index (Phi) is 10.1. The lowest BCUT2D eigenvalue weighted by molar-refractivity contribution is -0.145. The molecule has 32 heavy (non-hydrogen) atoms. The van der Waals surface area contributed by atoms with Gasteiger partial charge in [0.15, 0.2) is 0 Å². The molecule has 1 aromatic heterocycles. The Morgan fingerprint density at radius 2 is 1.88 bits per heavy atom. The number of rotatable bonds is 11. The number of nitrogens with one attached hydrogen (secondary N) is 2. The first-order valence-corrected chi connectivity index (χ1v) is 10.7. The van der Waals surface area contributed by atoms with E-state index in [2.05, 4.69) is 20.4 Å². The number of alkyl carbamates (subject to hydrolysis) is 1. The van der Waals surface area contributed by atoms with Crippen LogP contribution in [-0.4, -0.2) is 55.2 Å². The molecule has 0 fully saturated rings. The molecule has 0 aliphatic rings. The van der Waals surface area contributed by atoms with Gasteiger partial charge in [0.05, 0.1) is 24.9 Å². The van der Waals surface area contributed by atoms with Gasteiger partial charge in [-0.25, -0.2) is 14.6 Å². The molecule has 1 unspecified atom stereocenters. The molecule has 1 aromatic carbocycles. The summed E-state index contributed by atoms with van der Waals surface area (Å²) in [6.07, 6.45) is 1.16. The number of hydrogen-bond acceptors (Lipinski definition) is 9. The van der Waals surface area contributed by atoms with E-state index in [0.717, 1.165) is 16.9 Å². The monoisotopic (exact) mass is 463 g/mol. The van der Waals surface area contributed by atoms with Crippen LogP contribution in [-0.2, 0) is 36.8 Å². The number of amides is 2. The number of aryl methyl sites for hydroxylation is 1. The van der Waals surface area contributed by atoms with Crippen molar-refractivity contribution in [1.29, 1.82) is 0 Å². The van der Waals surface area contributed by atoms with E-state index in [1.807, 2.05) is 30.3 Å². The summed E-state index contributed by atoms with van der Waals surface area (Å²) < 4.78 is 14.7. The van der Waals surface area contributed by atoms with Gasteiger partial charge < -0.3 is 24.8 Å². The maximum absolute atomic E-state index is 12.2. The van der Waals surface area contributed by atoms with Gasteiger partial charge in [-0.1, -0.05) is 30.3 Å². The van der Waals surface area contributed by atoms with Crippen molar-refractivity contribution in [3.05, 3.63) is 52.0 Å². The largest absolute Gasteiger partial charge is 0.468 e. The van der Waals surface area contributed by atoms with E-state index in [0.29, 0.717) is 16.3 Å². The maximum atomic E-state index is 12.2. The summed E-state index contributed by atoms with van der Waals surface area (Å²) in [7, 11) is 1.23. The summed E-state index contributed by atoms with van der Waals surface area (Å²) in [5.41, 5.74) is 0.816. The molecule has 1 heterocycles. The molecule has 2 rings (SSSR count). The maximum Gasteiger partial charge on any atom is 0.408 e. The van der Waals surface area contributed by atoms with Crippen molar-refractivity contribution in [2.45, 2.75) is 32.4 Å². The molecule has 0 aliphatic carbocycles. The van der Waals surface area contributed by atoms with Crippen LogP contribution < -0.4 is 10.6 Å². The highest BCUT2D eigenvalue weighted by Crippen LogP contribution is 2.16. The first-order chi connectivity index (χ1) is 15.4. The molecule has 0 radical (unpaired) electrons. The highest BCUT2D eigenvalue weighted by atomic mass is 32.1. The van der Waals surface area contributed by atoms with Gasteiger partial charge in [-0.05, 0) is 18.9 Å². The van der Waals surface area contributed by atoms with Crippen molar-refractivity contribution >= 4 is 35.3 Å². The number of ether oxygens (including phenoxy) is 3. The van der Waals surface area contributed by atoms with Crippen LogP contribution in [0.4, 0.5) is 4.79 Å². The van der Waals surface area contributed by atoms with E-state index in [4.69, 9.17) is 9.47 Å². The number of benzene rings is 1. The molecule has 10 nitrogen and oxygen atoms in total. The zero-order chi connectivity index (χ0) is 23.3. The van der Waals surface area contributed by atoms with Gasteiger partial charge >= 0.3 is 18.0 Å². The summed E-state index contributed by atoms with van der Waals surface area (Å²) in [5, 5.41) is 5.53. The highest BCUT2D eigenvalue weighted by Gasteiger charge is 2.23. The predicted molar refractivity (Wildman–Crippen MR) is 115 cm³/mol. The van der Waals surface area contributed by atoms with Crippen LogP contribution in [0.3, 0.4) is 0 Å². The quantitative estimate of drug-likeness (QED) is 0.381. The van der Waals surface area contributed by atoms with Crippen molar-refractivity contribution in [3.8, 4) is 0 Å². The van der Waals surface area contributed by atoms with Crippen LogP contribution in [0.15, 0.2) is 36.5 Å². The van der Waals surface area contributed by atoms with Gasteiger partial charge in [-0.15, -0.1) is 11.3 Å². The Hall–Kier alpha value is -3.47. The van der Waals surface area contributed by atoms with E-state index >= 15 is 0 Å². The summed E-state index contributed by atoms with van der Waals surface area (Å²) in [6.45, 7) is 1.65. The van der Waals surface area contributed by atoms with Crippen molar-refractivity contribution < 1.29 is 33.4 Å². The molecule has 1 atom stereocenters. The molecule has 0 bridgehead atoms. The van der Waals surface area contributed by atoms with E-state index in [9.17, 15) is 19.2 Å². The SMILES string of the molecule is CCOC(=O)C(CCc1ncc(C(=O)NCC(=O)OC)s1)NC(=O)OCc1ccccc1. The van der Waals surface area contributed by atoms with Gasteiger partial charge in [0.25, 0.3) is 5.91 Å². The lowest BCUT2D eigenvalue weighted by Gasteiger charge is -2.16. The normalized spacial score (nSPS) is 11.2. The summed E-state index contributed by atoms with van der Waals surface area (Å²) in [4.78, 5) is 52.0. The van der Waals surface area contributed by atoms with E-state index in [-0.39, 0.29) is 26.2 Å². The Labute approximate surface area is 189 Å². The van der Waals surface area contributed by atoms with Crippen molar-refractivity contribution in [2.24, 2.45) is 0 Å². The Morgan fingerprint density at radius 1 is 1.12 bits per heavy atom. The first-order valence-electron chi connectivity index (χ1n) is 9.86. The number of methoxy groups -OCH3 is 1. The lowest BCUT2D eigenvalue weighted by atomic mass is 10.1. The van der Waals surface area contributed by atoms with Crippen molar-refractivity contribution in [1.82, 2.24) is 15.6 Å². The summed E-state index contributed by atoms with van der Waals surface area (Å²) in [5.74, 6) is -1.61. The summed E-state index contributed by atoms with van der Waals surface area (Å²) >= 11 is 1.12. The highest BCUT2D eigenvalue weighted by molar-refractivity contribution is 7.13. The third kappa shape index (κ3) is 8.34. The average molecular weight is 464 g/mol. The van der Waals surface area contributed by atoms with Crippen LogP contribution in [0.5, 0.6) is 0 Å². The number of esters is 2. The van der Waals surface area contributed by atoms with Gasteiger partial charge in [-0.3, -0.25) is 9.59 Å². The molecular weight excluding hydrogens is 438 g/mol. The molecule has 2 amide bonds. The molecule has 11 heteroatoms. The fourth-order valence-electron chi connectivity index (χ4n) is 2.51. The number of nitrogens with zero attached hydrogens (tertiary/aromatic N) is 1. The van der Waals surface area contributed by atoms with Crippen molar-refractivity contribution in [2.75, 3.05) is 20.3 Å². The van der Waals surface area contributed by atoms with Crippen LogP contribution in [0.2, 0.25) is 0 Å². The third-order valence-corrected chi connectivity index (χ3v) is 5.18. The van der Waals surface area contributed by atoms with Gasteiger partial charge in [0.1, 0.15) is 24.1 Å². The van der Waals surface area contributed by atoms with Crippen LogP contribution >= 0.6 is 11.3 Å². The van der Waals surface area contributed by atoms with Gasteiger partial charge in [0, 0.05) is 6.42 Å². The smallest absolute Gasteiger partial charge is 0.408 e. The third-order valence-electron chi connectivity index (χ3n) is 4.12. The second kappa shape index (κ2) is 13.1. The summed E-state index contributed by atoms with van der Waals surface area (Å²) in [6, 6.07) is 8.22. The van der Waals surface area contributed by atoms with Crippen LogP contribution in [0, 0.1) is 0 Å². The zero-order valence-electron chi connectivity index (χ0n) is 17.8. The zero-order valence-corrected chi connectivity index (χ0v) is 18.6. The Morgan fingerprint density at radius 3 is 2.56 bits per heavy atom. The molecule has 0 saturated heterocycles. The number of aromatic nitrogens is 1. The molecule has 0 saturated carbocycles. The second-order valence-electron chi connectivity index (χ2n) is 6.43. The molecule has 2 aromatic rings. The lowest BCUT2D eigenvalue weighted by Crippen LogP contribution is -2.42. The Bertz CT molecular complexity index is 917. The second-order valence-corrected chi connectivity index (χ2v) is 7.54. The average Bonchev–Trinajstić information content (AvgIpc) is 3.28. The first kappa shape index (κ1) is 24.8. The number of hydrogen-bond donors (Lipinski definition) is 2. The molecule has 172 valence electrons. The van der Waals surface area contributed by atoms with Gasteiger partial charge in [0.2, 0.25) is 0 Å². The van der Waals surface area contributed by atoms with E-state index in [1.54, 1.807) is 6.92 Å². The van der Waals surface area contributed by atoms with E-state index < -0.39 is 30.0 Å². The molecule has 0 spiro atoms. The standard InChI is InChI=1S/C21H25N3O7S/c1-3-30-20(27)15(24-21(28)31-13-14-7-5-4-6-8-14)9-10-17-22-11-16(32-17)19(26)23-12-18(25)29-2/h4-8,11,15H,3,9-10,12-13H2,1-2H3,(H,23,26)(H,24,28). The molecule has 0 aliphatic heterocycles. The van der Waals surface area contributed by atoms with Gasteiger partial charge in [-0.2, -0.15) is 0 Å². The Balaban J connectivity index is 1.89.